The Labute approximate surface area is 760 Å². The minimum atomic E-state index is 0.697. The molecule has 12 aromatic rings. The van der Waals surface area contributed by atoms with Crippen LogP contribution in [0.1, 0.15) is 308 Å². The summed E-state index contributed by atoms with van der Waals surface area (Å²) in [6.07, 6.45) is 52.5. The predicted molar refractivity (Wildman–Crippen MR) is 545 cm³/mol. The molecule has 0 radical (unpaired) electrons. The molecule has 0 atom stereocenters. The second-order valence-electron chi connectivity index (χ2n) is 35.1. The van der Waals surface area contributed by atoms with Crippen LogP contribution in [0.2, 0.25) is 0 Å². The number of aryl methyl sites for hydroxylation is 6. The molecule has 10 heterocycles. The van der Waals surface area contributed by atoms with Crippen molar-refractivity contribution in [3.05, 3.63) is 306 Å². The lowest BCUT2D eigenvalue weighted by Crippen LogP contribution is -1.91. The minimum absolute atomic E-state index is 0.697. The number of aromatic nitrogens is 8. The summed E-state index contributed by atoms with van der Waals surface area (Å²) in [6, 6.07) is 71.4. The van der Waals surface area contributed by atoms with Gasteiger partial charge in [0.2, 0.25) is 0 Å². The van der Waals surface area contributed by atoms with Gasteiger partial charge in [0.05, 0.1) is 89.9 Å². The molecule has 4 N–H and O–H groups in total. The Bertz CT molecular complexity index is 6160. The van der Waals surface area contributed by atoms with Gasteiger partial charge in [-0.25, -0.2) is 19.9 Å². The van der Waals surface area contributed by atoms with Crippen molar-refractivity contribution in [2.75, 3.05) is 0 Å². The van der Waals surface area contributed by atoms with Crippen molar-refractivity contribution in [3.8, 4) is 91.9 Å². The van der Waals surface area contributed by atoms with E-state index in [1.54, 1.807) is 0 Å². The Balaban J connectivity index is 0.896. The molecule has 0 amide bonds. The summed E-state index contributed by atoms with van der Waals surface area (Å²) in [5.41, 5.74) is 34.1. The first kappa shape index (κ1) is 88.2. The third kappa shape index (κ3) is 22.2. The predicted octanol–water partition coefficient (Wildman–Crippen LogP) is 31.2. The molecule has 128 heavy (non-hydrogen) atoms. The molecule has 6 aromatic carbocycles. The summed E-state index contributed by atoms with van der Waals surface area (Å²) in [6.45, 7) is 13.6. The Hall–Kier alpha value is -13.2. The number of unbranched alkanes of at least 4 members (excludes halogenated alkanes) is 18. The quantitative estimate of drug-likeness (QED) is 0.0238. The van der Waals surface area contributed by atoms with Gasteiger partial charge in [0.25, 0.3) is 0 Å². The minimum Gasteiger partial charge on any atom is -0.354 e. The monoisotopic (exact) mass is 1670 g/mol. The molecular formula is C120H122N8. The number of aromatic amines is 4. The van der Waals surface area contributed by atoms with Crippen molar-refractivity contribution < 1.29 is 0 Å². The molecule has 6 aromatic heterocycles. The Morgan fingerprint density at radius 1 is 0.188 bits per heavy atom. The number of hydrogen-bond acceptors (Lipinski definition) is 4. The lowest BCUT2D eigenvalue weighted by atomic mass is 10.00. The molecule has 16 rings (SSSR count). The van der Waals surface area contributed by atoms with Gasteiger partial charge < -0.3 is 19.9 Å². The maximum atomic E-state index is 5.68. The molecule has 0 aliphatic carbocycles. The number of rotatable bonds is 34. The summed E-state index contributed by atoms with van der Waals surface area (Å²) in [4.78, 5) is 38.4. The van der Waals surface area contributed by atoms with E-state index in [0.717, 1.165) is 209 Å². The fourth-order valence-electron chi connectivity index (χ4n) is 18.0. The third-order valence-corrected chi connectivity index (χ3v) is 25.4. The molecule has 8 nitrogen and oxygen atoms in total. The standard InChI is InChI=1S/C120H122N8/c1-7-13-19-25-33-85-41-45-91(46-42-85)57-67-99-105-73-81-113(125-105)117(93-59-49-87(50-60-93)35-27-21-15-9-3)109-77-69-101(121-109)97(102-70-78-110(122-102)118(114-82-74-106(99)126-114)94-61-51-88(52-62-94)36-28-22-16-10-4)39-31-32-40-98-103-71-79-111(123-103)119(95-63-53-89(54-64-95)37-29-23-17-11-5)115-83-75-107(127-115)100(68-58-92-47-43-86(44-48-92)34-26-20-14-8-2)108-76-84-116(128-108)120(112-80-72-104(98)124-112)96-65-55-90(56-66-96)38-30-24-18-12-6/h41-56,59-66,69-84,121,123,126,128H,7-30,33-38H2,1-6H3. The molecular weight excluding hydrogens is 1550 g/mol. The van der Waals surface area contributed by atoms with Crippen LogP contribution in [0.4, 0.5) is 0 Å². The zero-order valence-corrected chi connectivity index (χ0v) is 76.1. The van der Waals surface area contributed by atoms with E-state index in [0.29, 0.717) is 22.5 Å². The van der Waals surface area contributed by atoms with E-state index in [-0.39, 0.29) is 0 Å². The van der Waals surface area contributed by atoms with Gasteiger partial charge in [0.15, 0.2) is 0 Å². The van der Waals surface area contributed by atoms with Gasteiger partial charge in [-0.05, 0) is 278 Å². The van der Waals surface area contributed by atoms with Crippen LogP contribution < -0.4 is 0 Å². The molecule has 0 unspecified atom stereocenters. The summed E-state index contributed by atoms with van der Waals surface area (Å²) in [5.74, 6) is 28.9. The van der Waals surface area contributed by atoms with Crippen molar-refractivity contribution in [1.82, 2.24) is 39.9 Å². The number of nitrogens with one attached hydrogen (secondary N) is 4. The highest BCUT2D eigenvalue weighted by Crippen LogP contribution is 2.39. The lowest BCUT2D eigenvalue weighted by Gasteiger charge is -2.07. The van der Waals surface area contributed by atoms with Crippen molar-refractivity contribution >= 4 is 92.7 Å². The molecule has 0 saturated carbocycles. The largest absolute Gasteiger partial charge is 0.354 e. The van der Waals surface area contributed by atoms with Crippen molar-refractivity contribution in [2.24, 2.45) is 0 Å². The van der Waals surface area contributed by atoms with E-state index in [9.17, 15) is 0 Å². The maximum Gasteiger partial charge on any atom is 0.0815 e. The normalized spacial score (nSPS) is 11.8. The van der Waals surface area contributed by atoms with Crippen molar-refractivity contribution in [1.29, 1.82) is 0 Å². The second-order valence-corrected chi connectivity index (χ2v) is 35.1. The number of hydrogen-bond donors (Lipinski definition) is 4. The Kier molecular flexibility index (Phi) is 30.5. The van der Waals surface area contributed by atoms with Crippen LogP contribution in [-0.4, -0.2) is 39.9 Å². The topological polar surface area (TPSA) is 115 Å². The zero-order valence-electron chi connectivity index (χ0n) is 76.1. The van der Waals surface area contributed by atoms with E-state index >= 15 is 0 Å². The molecule has 4 aliphatic rings. The van der Waals surface area contributed by atoms with Crippen LogP contribution in [0.5, 0.6) is 0 Å². The van der Waals surface area contributed by atoms with Crippen LogP contribution in [-0.2, 0) is 38.5 Å². The van der Waals surface area contributed by atoms with Crippen LogP contribution in [0.25, 0.3) is 137 Å². The average molecular weight is 1680 g/mol. The van der Waals surface area contributed by atoms with E-state index in [1.165, 1.54) is 162 Å². The first-order valence-electron chi connectivity index (χ1n) is 48.1. The SMILES string of the molecule is CCCCCCc1ccc(C#Cc2c3nc(c(-c4ccc(CCCCCC)cc4)c4ccc([nH]4)c(C#CC#Cc4c5nc(c(-c6ccc(CCCCCC)cc6)c6ccc([nH]6)c(C#Cc6ccc(CCCCCC)cc6)c6nc(c(-c7ccc(CCCCCC)cc7)c7ccc4[nH]7)C=C6)C=C5)c4nc(c(-c5ccc(CCCCCC)cc5)c5ccc2[nH]5)C=C4)C=C3)cc1. The Morgan fingerprint density at radius 2 is 0.383 bits per heavy atom. The van der Waals surface area contributed by atoms with Gasteiger partial charge in [0, 0.05) is 55.4 Å². The highest BCUT2D eigenvalue weighted by atomic mass is 14.8. The summed E-state index contributed by atoms with van der Waals surface area (Å²) >= 11 is 0. The molecule has 0 fully saturated rings. The van der Waals surface area contributed by atoms with Crippen LogP contribution >= 0.6 is 0 Å². The molecule has 0 saturated heterocycles. The van der Waals surface area contributed by atoms with Gasteiger partial charge in [0.1, 0.15) is 0 Å². The number of H-pyrrole nitrogens is 4. The maximum absolute atomic E-state index is 5.68. The Morgan fingerprint density at radius 3 is 0.602 bits per heavy atom. The highest BCUT2D eigenvalue weighted by Gasteiger charge is 2.22. The number of nitrogens with zero attached hydrogens (tertiary/aromatic N) is 4. The number of fused-ring (bicyclic) bond motifs is 16. The highest BCUT2D eigenvalue weighted by molar-refractivity contribution is 5.98. The average Bonchev–Trinajstić information content (AvgIpc) is 1.63. The lowest BCUT2D eigenvalue weighted by molar-refractivity contribution is 0.667. The molecule has 16 bridgehead atoms. The first-order chi connectivity index (χ1) is 63.2. The van der Waals surface area contributed by atoms with Gasteiger partial charge in [-0.2, -0.15) is 0 Å². The van der Waals surface area contributed by atoms with E-state index in [2.05, 4.69) is 352 Å². The van der Waals surface area contributed by atoms with Crippen LogP contribution in [0, 0.1) is 47.4 Å². The first-order valence-corrected chi connectivity index (χ1v) is 48.1. The smallest absolute Gasteiger partial charge is 0.0815 e. The summed E-state index contributed by atoms with van der Waals surface area (Å²) < 4.78 is 0. The van der Waals surface area contributed by atoms with Crippen molar-refractivity contribution in [2.45, 2.75) is 234 Å². The van der Waals surface area contributed by atoms with E-state index in [4.69, 9.17) is 19.9 Å². The van der Waals surface area contributed by atoms with Crippen LogP contribution in [0.15, 0.2) is 194 Å². The van der Waals surface area contributed by atoms with Crippen LogP contribution in [0.3, 0.4) is 0 Å². The number of benzene rings is 6. The molecule has 4 aliphatic heterocycles. The second kappa shape index (κ2) is 44.3. The van der Waals surface area contributed by atoms with Gasteiger partial charge >= 0.3 is 0 Å². The molecule has 642 valence electrons. The van der Waals surface area contributed by atoms with E-state index in [1.807, 2.05) is 0 Å². The van der Waals surface area contributed by atoms with Gasteiger partial charge in [-0.15, -0.1) is 0 Å². The zero-order chi connectivity index (χ0) is 87.6. The van der Waals surface area contributed by atoms with Gasteiger partial charge in [-0.1, -0.05) is 302 Å². The van der Waals surface area contributed by atoms with E-state index < -0.39 is 0 Å². The third-order valence-electron chi connectivity index (χ3n) is 25.4. The van der Waals surface area contributed by atoms with Crippen molar-refractivity contribution in [3.63, 3.8) is 0 Å². The molecule has 0 spiro atoms. The summed E-state index contributed by atoms with van der Waals surface area (Å²) in [7, 11) is 0. The summed E-state index contributed by atoms with van der Waals surface area (Å²) in [5, 5.41) is 0. The van der Waals surface area contributed by atoms with Gasteiger partial charge in [-0.3, -0.25) is 0 Å². The molecule has 8 heteroatoms. The fourth-order valence-corrected chi connectivity index (χ4v) is 18.0. The fraction of sp³-hybridized carbons (Fsp3) is 0.300.